The molecule has 0 aliphatic carbocycles. The van der Waals surface area contributed by atoms with Gasteiger partial charge in [0.1, 0.15) is 8.07 Å². The van der Waals surface area contributed by atoms with Crippen molar-refractivity contribution in [3.8, 4) is 0 Å². The van der Waals surface area contributed by atoms with Gasteiger partial charge in [0.25, 0.3) is 8.56 Å². The average molecular weight is 1820 g/mol. The van der Waals surface area contributed by atoms with Crippen molar-refractivity contribution >= 4 is 289 Å². The Labute approximate surface area is 549 Å². The Morgan fingerprint density at radius 2 is 0.648 bits per heavy atom. The van der Waals surface area contributed by atoms with Crippen LogP contribution in [0.25, 0.3) is 0 Å². The zero-order valence-electron chi connectivity index (χ0n) is 48.5. The summed E-state index contributed by atoms with van der Waals surface area (Å²) in [4.78, 5) is 0. The Bertz CT molecular complexity index is 3260. The topological polar surface area (TPSA) is 549 Å². The number of rotatable bonds is 39. The molecule has 0 N–H and O–H groups in total. The van der Waals surface area contributed by atoms with Gasteiger partial charge in [-0.3, -0.25) is 0 Å². The van der Waals surface area contributed by atoms with Crippen LogP contribution in [0.3, 0.4) is 0 Å². The van der Waals surface area contributed by atoms with Crippen LogP contribution in [0.1, 0.15) is 13.8 Å². The third-order valence-electron chi connectivity index (χ3n) is 10.2. The molecule has 0 radical (unpaired) electrons. The minimum atomic E-state index is -4.06. The highest BCUT2D eigenvalue weighted by atomic mass is 30.1. The largest absolute Gasteiger partial charge is 0.580 e. The lowest BCUT2D eigenvalue weighted by atomic mass is 10.5. The van der Waals surface area contributed by atoms with Crippen molar-refractivity contribution < 1.29 is 151 Å². The van der Waals surface area contributed by atoms with Crippen LogP contribution in [-0.2, 0) is 151 Å². The quantitative estimate of drug-likeness (QED) is 0.0516. The lowest BCUT2D eigenvalue weighted by molar-refractivity contribution is 0.181. The van der Waals surface area contributed by atoms with Gasteiger partial charge in [-0.1, -0.05) is 24.5 Å². The van der Waals surface area contributed by atoms with E-state index in [1.54, 1.807) is 13.1 Å². The van der Waals surface area contributed by atoms with Gasteiger partial charge >= 0.3 is 238 Å². The fourth-order valence-electron chi connectivity index (χ4n) is 4.81. The Morgan fingerprint density at radius 3 is 0.920 bits per heavy atom. The van der Waals surface area contributed by atoms with Crippen LogP contribution in [0.4, 0.5) is 0 Å². The molecule has 0 saturated carbocycles. The highest BCUT2D eigenvalue weighted by Crippen LogP contribution is 2.29. The van der Waals surface area contributed by atoms with Crippen molar-refractivity contribution in [3.63, 3.8) is 0 Å². The molecule has 0 rings (SSSR count). The Kier molecular flexibility index (Phi) is 48.2. The van der Waals surface area contributed by atoms with Gasteiger partial charge in [-0.05, 0) is 72.8 Å². The first-order valence-corrected chi connectivity index (χ1v) is 110. The number of hydrogen-bond acceptors (Lipinski definition) is 34. The standard InChI is InChI=1S/C11H24OSi2.C4H14O13Si14.C2H8O4Si4.CH6O16Si16/c1-9-13(5,6)11(3,4)12-14(7,8)10-2;1-19(2)17-31(3,4)30(16)29(15)28(14)27(13)26(12)25(11)24(10)23(9)22(8)21(7)20(6)18-5;1-8(2)6-9(4)10(5)7-3;1-20(24(7)26(9)22(5)18-2)17-21(4)25(8)28(11)30(13)32(15)33(16)31(14)29(12)27(10)23(6)19-3/h9-10H,1-2H2,3-8H3;18-19H,1-4H3;7-8H,1-2H3;18-20H,1H3. The molecule has 0 heterocycles. The molecule has 88 heavy (non-hydrogen) atoms. The zero-order valence-corrected chi connectivity index (χ0v) is 85.6. The van der Waals surface area contributed by atoms with Crippen molar-refractivity contribution in [1.82, 2.24) is 0 Å². The first kappa shape index (κ1) is 95.2. The Morgan fingerprint density at radius 1 is 0.364 bits per heavy atom. The van der Waals surface area contributed by atoms with Gasteiger partial charge in [-0.15, -0.1) is 13.2 Å². The molecule has 472 valence electrons. The maximum absolute atomic E-state index is 12.5. The van der Waals surface area contributed by atoms with E-state index in [2.05, 4.69) is 58.9 Å². The average Bonchev–Trinajstić information content (AvgIpc) is 3.43. The Balaban J connectivity index is -0.000000588. The van der Waals surface area contributed by atoms with Gasteiger partial charge in [0.05, 0.1) is 0 Å². The summed E-state index contributed by atoms with van der Waals surface area (Å²) in [6, 6.07) is 0. The van der Waals surface area contributed by atoms with Crippen LogP contribution in [0, 0.1) is 0 Å². The molecule has 0 fully saturated rings. The predicted molar refractivity (Wildman–Crippen MR) is 341 cm³/mol. The summed E-state index contributed by atoms with van der Waals surface area (Å²) >= 11 is 0. The summed E-state index contributed by atoms with van der Waals surface area (Å²) in [5.41, 5.74) is 4.09. The maximum atomic E-state index is 12.5. The molecule has 0 spiro atoms. The summed E-state index contributed by atoms with van der Waals surface area (Å²) in [5.74, 6) is 0. The molecule has 0 bridgehead atoms. The van der Waals surface area contributed by atoms with E-state index in [1.165, 1.54) is 13.1 Å². The van der Waals surface area contributed by atoms with Crippen molar-refractivity contribution in [2.45, 2.75) is 91.1 Å². The molecule has 1 atom stereocenters. The van der Waals surface area contributed by atoms with Gasteiger partial charge in [-0.2, -0.15) is 0 Å². The van der Waals surface area contributed by atoms with Crippen molar-refractivity contribution in [2.24, 2.45) is 0 Å². The minimum absolute atomic E-state index is 0.0569. The van der Waals surface area contributed by atoms with E-state index in [0.29, 0.717) is 0 Å². The summed E-state index contributed by atoms with van der Waals surface area (Å²) in [6.45, 7) is 32.3. The second kappa shape index (κ2) is 44.6. The Hall–Kier alpha value is 0.808. The molecule has 0 aliphatic heterocycles. The van der Waals surface area contributed by atoms with Gasteiger partial charge in [0.15, 0.2) is 9.04 Å². The summed E-state index contributed by atoms with van der Waals surface area (Å²) in [6.07, 6.45) is 0. The van der Waals surface area contributed by atoms with E-state index in [0.717, 1.165) is 6.55 Å². The van der Waals surface area contributed by atoms with E-state index in [4.69, 9.17) is 16.8 Å². The molecule has 0 aromatic heterocycles. The first-order chi connectivity index (χ1) is 39.8. The fraction of sp³-hybridized carbons (Fsp3) is 0.778. The molecule has 0 amide bonds. The third kappa shape index (κ3) is 32.2. The molecule has 0 aromatic rings. The van der Waals surface area contributed by atoms with E-state index < -0.39 is 289 Å². The van der Waals surface area contributed by atoms with E-state index in [1.807, 2.05) is 18.8 Å². The van der Waals surface area contributed by atoms with Crippen LogP contribution >= 0.6 is 0 Å². The minimum Gasteiger partial charge on any atom is -0.580 e. The van der Waals surface area contributed by atoms with Crippen LogP contribution < -0.4 is 0 Å². The van der Waals surface area contributed by atoms with Gasteiger partial charge in [-0.25, -0.2) is 0 Å². The molecular formula is C18H52O34Si36. The van der Waals surface area contributed by atoms with Crippen molar-refractivity contribution in [3.05, 3.63) is 24.6 Å². The van der Waals surface area contributed by atoms with Crippen LogP contribution in [0.5, 0.6) is 0 Å². The van der Waals surface area contributed by atoms with Gasteiger partial charge in [0.2, 0.25) is 25.2 Å². The monoisotopic (exact) mass is 1820 g/mol. The number of hydrogen-bond donors (Lipinski definition) is 0. The lowest BCUT2D eigenvalue weighted by Crippen LogP contribution is -2.58. The first-order valence-electron chi connectivity index (χ1n) is 23.7. The third-order valence-corrected chi connectivity index (χ3v) is 225. The van der Waals surface area contributed by atoms with Crippen LogP contribution in [0.15, 0.2) is 24.6 Å². The molecule has 0 saturated heterocycles. The molecule has 70 heteroatoms. The maximum Gasteiger partial charge on any atom is 0.532 e. The fourth-order valence-corrected chi connectivity index (χ4v) is 291. The zero-order chi connectivity index (χ0) is 70.8. The van der Waals surface area contributed by atoms with Crippen molar-refractivity contribution in [1.29, 1.82) is 0 Å². The second-order valence-corrected chi connectivity index (χ2v) is 173. The smallest absolute Gasteiger partial charge is 0.532 e. The van der Waals surface area contributed by atoms with Crippen LogP contribution in [0.2, 0.25) is 72.0 Å². The van der Waals surface area contributed by atoms with Crippen LogP contribution in [-0.4, -0.2) is 294 Å². The van der Waals surface area contributed by atoms with E-state index in [9.17, 15) is 134 Å². The van der Waals surface area contributed by atoms with Gasteiger partial charge < -0.3 is 151 Å². The van der Waals surface area contributed by atoms with E-state index in [-0.39, 0.29) is 5.22 Å². The molecule has 0 aromatic carbocycles. The lowest BCUT2D eigenvalue weighted by Gasteiger charge is -2.42. The summed E-state index contributed by atoms with van der Waals surface area (Å²) < 4.78 is 372. The molecular weight excluding hydrogens is 1770 g/mol. The molecule has 1 unspecified atom stereocenters. The molecule has 34 nitrogen and oxygen atoms in total. The normalized spacial score (nSPS) is 10.9. The highest BCUT2D eigenvalue weighted by molar-refractivity contribution is 7.80. The van der Waals surface area contributed by atoms with Crippen molar-refractivity contribution in [2.75, 3.05) is 0 Å². The SMILES string of the molecule is C=C[Si](C)(C)OC(C)(C)[Si](C)(C)C=C.C[SiH](C)O[Si](=O)[Si](=O)[SiH]=O.C[SiH](C)O[Si](C)(C)[Si](=O)[Si](=O)[Si](=O)[Si](=O)[Si](=O)[Si](=O)[Si](=O)[Si](=O)[Si](=O)[Si](=O)[Si](=O)[SiH]=O.C[SiH](O[Si](=O)[Si](=O)[Si](=O)[Si](=O)[Si](=O)[Si](=O)[Si](=O)[Si](=O)[Si](=O)[Si](=O)[SiH]=O)[Si](=O)[Si](=O)[Si](=O)[SiH]=O. The summed E-state index contributed by atoms with van der Waals surface area (Å²) in [7, 11) is -114. The summed E-state index contributed by atoms with van der Waals surface area (Å²) in [5, 5.41) is -0.0569. The second-order valence-electron chi connectivity index (χ2n) is 19.1. The van der Waals surface area contributed by atoms with Gasteiger partial charge in [0, 0.05) is 5.22 Å². The van der Waals surface area contributed by atoms with E-state index >= 15 is 0 Å². The molecule has 0 aliphatic rings. The highest BCUT2D eigenvalue weighted by Gasteiger charge is 2.55. The predicted octanol–water partition coefficient (Wildman–Crippen LogP) is -10.8.